The number of thiazole rings is 1. The molecule has 1 aliphatic heterocycles. The summed E-state index contributed by atoms with van der Waals surface area (Å²) in [6.45, 7) is 5.87. The molecule has 5 rings (SSSR count). The van der Waals surface area contributed by atoms with E-state index in [-0.39, 0.29) is 23.4 Å². The minimum Gasteiger partial charge on any atom is -0.493 e. The Morgan fingerprint density at radius 3 is 2.56 bits per heavy atom. The molecule has 0 saturated heterocycles. The van der Waals surface area contributed by atoms with Crippen molar-refractivity contribution in [3.63, 3.8) is 0 Å². The first kappa shape index (κ1) is 30.0. The van der Waals surface area contributed by atoms with E-state index in [0.29, 0.717) is 54.6 Å². The monoisotopic (exact) mass is 666 g/mol. The second-order valence-corrected chi connectivity index (χ2v) is 11.2. The minimum absolute atomic E-state index is 0.0179. The fraction of sp³-hybridized carbons (Fsp3) is 0.233. The number of rotatable bonds is 9. The first-order valence-corrected chi connectivity index (χ1v) is 14.9. The lowest BCUT2D eigenvalue weighted by Gasteiger charge is -2.26. The number of nitrogens with zero attached hydrogens (tertiary/aromatic N) is 4. The van der Waals surface area contributed by atoms with Crippen molar-refractivity contribution < 1.29 is 23.9 Å². The molecule has 0 radical (unpaired) electrons. The van der Waals surface area contributed by atoms with Crippen molar-refractivity contribution in [3.8, 4) is 17.2 Å². The Bertz CT molecular complexity index is 1940. The Morgan fingerprint density at radius 2 is 1.91 bits per heavy atom. The maximum absolute atomic E-state index is 14.1. The number of methoxy groups -OCH3 is 1. The molecule has 0 aliphatic carbocycles. The highest BCUT2D eigenvalue weighted by atomic mass is 79.9. The lowest BCUT2D eigenvalue weighted by Crippen LogP contribution is -2.40. The summed E-state index contributed by atoms with van der Waals surface area (Å²) in [7, 11) is 1.52. The van der Waals surface area contributed by atoms with Crippen LogP contribution in [-0.4, -0.2) is 40.4 Å². The molecular weight excluding hydrogens is 640 g/mol. The van der Waals surface area contributed by atoms with Crippen LogP contribution in [0.5, 0.6) is 11.5 Å². The van der Waals surface area contributed by atoms with Gasteiger partial charge in [-0.2, -0.15) is 0 Å². The van der Waals surface area contributed by atoms with E-state index >= 15 is 0 Å². The molecule has 0 unspecified atom stereocenters. The van der Waals surface area contributed by atoms with Crippen LogP contribution in [0, 0.1) is 10.1 Å². The first-order chi connectivity index (χ1) is 20.7. The zero-order valence-electron chi connectivity index (χ0n) is 23.7. The molecule has 0 spiro atoms. The number of non-ortho nitro benzene ring substituents is 1. The molecular formula is C30H27BrN4O7S. The van der Waals surface area contributed by atoms with Crippen molar-refractivity contribution in [3.05, 3.63) is 112 Å². The van der Waals surface area contributed by atoms with E-state index in [2.05, 4.69) is 20.9 Å². The maximum atomic E-state index is 14.1. The van der Waals surface area contributed by atoms with Crippen molar-refractivity contribution in [2.45, 2.75) is 26.8 Å². The van der Waals surface area contributed by atoms with Gasteiger partial charge in [0.15, 0.2) is 16.3 Å². The van der Waals surface area contributed by atoms with E-state index in [0.717, 1.165) is 0 Å². The smallest absolute Gasteiger partial charge is 0.338 e. The van der Waals surface area contributed by atoms with Crippen LogP contribution in [-0.2, 0) is 9.53 Å². The highest BCUT2D eigenvalue weighted by Crippen LogP contribution is 2.41. The molecule has 1 aliphatic rings. The van der Waals surface area contributed by atoms with Gasteiger partial charge in [-0.25, -0.2) is 9.79 Å². The number of benzene rings is 2. The third-order valence-electron chi connectivity index (χ3n) is 6.79. The van der Waals surface area contributed by atoms with Gasteiger partial charge in [-0.15, -0.1) is 0 Å². The lowest BCUT2D eigenvalue weighted by atomic mass is 9.95. The molecule has 2 aromatic heterocycles. The third-order valence-corrected chi connectivity index (χ3v) is 8.46. The van der Waals surface area contributed by atoms with Gasteiger partial charge in [0.2, 0.25) is 0 Å². The maximum Gasteiger partial charge on any atom is 0.338 e. The van der Waals surface area contributed by atoms with E-state index in [1.807, 2.05) is 23.6 Å². The Balaban J connectivity index is 1.70. The number of hydrogen-bond donors (Lipinski definition) is 0. The number of carbonyl (C=O) groups excluding carboxylic acids is 1. The van der Waals surface area contributed by atoms with Gasteiger partial charge in [-0.3, -0.25) is 19.5 Å². The molecule has 0 bridgehead atoms. The number of esters is 1. The average Bonchev–Trinajstić information content (AvgIpc) is 3.56. The SMILES string of the molecule is CCOC(=O)C1=C(C)N=c2s/c(=C/c3cccn3-c3ccc([N+](=O)[O-])cc3)c(=O)n2[C@H]1c1cc(OC)c(OCC)cc1Br. The third kappa shape index (κ3) is 5.65. The van der Waals surface area contributed by atoms with Crippen LogP contribution in [0.15, 0.2) is 80.3 Å². The van der Waals surface area contributed by atoms with Gasteiger partial charge >= 0.3 is 5.97 Å². The van der Waals surface area contributed by atoms with E-state index in [9.17, 15) is 19.7 Å². The van der Waals surface area contributed by atoms with Gasteiger partial charge < -0.3 is 18.8 Å². The van der Waals surface area contributed by atoms with Crippen molar-refractivity contribution >= 4 is 45.0 Å². The van der Waals surface area contributed by atoms with E-state index in [1.54, 1.807) is 50.4 Å². The summed E-state index contributed by atoms with van der Waals surface area (Å²) >= 11 is 4.82. The van der Waals surface area contributed by atoms with Gasteiger partial charge in [0.05, 0.1) is 47.1 Å². The van der Waals surface area contributed by atoms with Crippen LogP contribution in [0.2, 0.25) is 0 Å². The number of nitro benzene ring substituents is 1. The fourth-order valence-corrected chi connectivity index (χ4v) is 6.46. The zero-order chi connectivity index (χ0) is 30.8. The van der Waals surface area contributed by atoms with Gasteiger partial charge in [0.1, 0.15) is 0 Å². The van der Waals surface area contributed by atoms with Gasteiger partial charge in [0, 0.05) is 34.2 Å². The average molecular weight is 668 g/mol. The Morgan fingerprint density at radius 1 is 1.16 bits per heavy atom. The van der Waals surface area contributed by atoms with Crippen molar-refractivity contribution in [1.29, 1.82) is 0 Å². The van der Waals surface area contributed by atoms with E-state index < -0.39 is 16.9 Å². The summed E-state index contributed by atoms with van der Waals surface area (Å²) < 4.78 is 21.0. The molecule has 0 fully saturated rings. The van der Waals surface area contributed by atoms with E-state index in [1.165, 1.54) is 35.1 Å². The molecule has 11 nitrogen and oxygen atoms in total. The number of hydrogen-bond acceptors (Lipinski definition) is 9. The quantitative estimate of drug-likeness (QED) is 0.144. The second kappa shape index (κ2) is 12.4. The van der Waals surface area contributed by atoms with Gasteiger partial charge in [-0.05, 0) is 68.8 Å². The van der Waals surface area contributed by atoms with Crippen LogP contribution >= 0.6 is 27.3 Å². The normalized spacial score (nSPS) is 14.7. The minimum atomic E-state index is -0.863. The number of fused-ring (bicyclic) bond motifs is 1. The van der Waals surface area contributed by atoms with Crippen molar-refractivity contribution in [2.24, 2.45) is 4.99 Å². The van der Waals surface area contributed by atoms with Crippen LogP contribution in [0.3, 0.4) is 0 Å². The van der Waals surface area contributed by atoms with Gasteiger partial charge in [-0.1, -0.05) is 27.3 Å². The lowest BCUT2D eigenvalue weighted by molar-refractivity contribution is -0.384. The number of aromatic nitrogens is 2. The molecule has 2 aromatic carbocycles. The molecule has 0 amide bonds. The Kier molecular flexibility index (Phi) is 8.64. The highest BCUT2D eigenvalue weighted by Gasteiger charge is 2.35. The van der Waals surface area contributed by atoms with Crippen molar-refractivity contribution in [1.82, 2.24) is 9.13 Å². The second-order valence-electron chi connectivity index (χ2n) is 9.34. The highest BCUT2D eigenvalue weighted by molar-refractivity contribution is 9.10. The van der Waals surface area contributed by atoms with Crippen LogP contribution < -0.4 is 24.4 Å². The summed E-state index contributed by atoms with van der Waals surface area (Å²) in [6.07, 6.45) is 3.54. The molecule has 3 heterocycles. The Hall–Kier alpha value is -4.49. The molecule has 222 valence electrons. The zero-order valence-corrected chi connectivity index (χ0v) is 26.1. The summed E-state index contributed by atoms with van der Waals surface area (Å²) in [4.78, 5) is 43.1. The number of ether oxygens (including phenoxy) is 3. The molecule has 43 heavy (non-hydrogen) atoms. The predicted octanol–water partition coefficient (Wildman–Crippen LogP) is 4.67. The summed E-state index contributed by atoms with van der Waals surface area (Å²) in [6, 6.07) is 12.4. The van der Waals surface area contributed by atoms with Crippen LogP contribution in [0.1, 0.15) is 38.1 Å². The number of nitro groups is 1. The number of allylic oxidation sites excluding steroid dienone is 1. The van der Waals surface area contributed by atoms with Crippen LogP contribution in [0.25, 0.3) is 11.8 Å². The van der Waals surface area contributed by atoms with Gasteiger partial charge in [0.25, 0.3) is 11.2 Å². The van der Waals surface area contributed by atoms with E-state index in [4.69, 9.17) is 14.2 Å². The predicted molar refractivity (Wildman–Crippen MR) is 165 cm³/mol. The largest absolute Gasteiger partial charge is 0.493 e. The number of halogens is 1. The van der Waals surface area contributed by atoms with Crippen molar-refractivity contribution in [2.75, 3.05) is 20.3 Å². The summed E-state index contributed by atoms with van der Waals surface area (Å²) in [5.74, 6) is 0.384. The first-order valence-electron chi connectivity index (χ1n) is 13.3. The molecule has 0 N–H and O–H groups in total. The molecule has 13 heteroatoms. The summed E-state index contributed by atoms with van der Waals surface area (Å²) in [5, 5.41) is 11.1. The molecule has 4 aromatic rings. The molecule has 0 saturated carbocycles. The standard InChI is InChI=1S/C30H27BrN4O7S/c1-5-41-24-16-22(31)21(15-23(24)40-4)27-26(29(37)42-6-2)17(3)32-30-34(27)28(36)25(43-30)14-20-8-7-13-33(20)18-9-11-19(12-10-18)35(38)39/h7-16,27H,5-6H2,1-4H3/b25-14+/t27-/m0/s1. The summed E-state index contributed by atoms with van der Waals surface area (Å²) in [5.41, 5.74) is 2.28. The van der Waals surface area contributed by atoms with Crippen LogP contribution in [0.4, 0.5) is 5.69 Å². The molecule has 1 atom stereocenters. The Labute approximate surface area is 258 Å². The topological polar surface area (TPSA) is 127 Å². The fourth-order valence-electron chi connectivity index (χ4n) is 4.89. The number of carbonyl (C=O) groups is 1.